The Bertz CT molecular complexity index is 1120. The lowest BCUT2D eigenvalue weighted by molar-refractivity contribution is 0.0342. The number of nitrogens with zero attached hydrogens (tertiary/aromatic N) is 5. The number of aryl methyl sites for hydroxylation is 1. The summed E-state index contributed by atoms with van der Waals surface area (Å²) in [5, 5.41) is 15.6. The van der Waals surface area contributed by atoms with Gasteiger partial charge < -0.3 is 10.1 Å². The van der Waals surface area contributed by atoms with E-state index in [-0.39, 0.29) is 11.9 Å². The number of nitrogens with one attached hydrogen (secondary N) is 1. The van der Waals surface area contributed by atoms with Crippen molar-refractivity contribution < 1.29 is 9.53 Å². The number of aromatic nitrogens is 4. The fourth-order valence-electron chi connectivity index (χ4n) is 4.28. The van der Waals surface area contributed by atoms with Gasteiger partial charge in [-0.1, -0.05) is 29.8 Å². The SMILES string of the molecule is Cc1ccc(-c2cc(C(=O)NC(C)CN3CCOCC3)cc(-n3nnnc3C3CC3)c2)cc1. The van der Waals surface area contributed by atoms with Gasteiger partial charge in [0.15, 0.2) is 5.82 Å². The number of rotatable bonds is 7. The zero-order valence-electron chi connectivity index (χ0n) is 19.2. The molecular formula is C25H30N6O2. The van der Waals surface area contributed by atoms with Crippen LogP contribution in [0, 0.1) is 6.92 Å². The molecular weight excluding hydrogens is 416 g/mol. The monoisotopic (exact) mass is 446 g/mol. The third-order valence-corrected chi connectivity index (χ3v) is 6.26. The highest BCUT2D eigenvalue weighted by atomic mass is 16.5. The topological polar surface area (TPSA) is 85.2 Å². The lowest BCUT2D eigenvalue weighted by atomic mass is 10.0. The third-order valence-electron chi connectivity index (χ3n) is 6.26. The lowest BCUT2D eigenvalue weighted by Gasteiger charge is -2.29. The quantitative estimate of drug-likeness (QED) is 0.601. The molecule has 1 saturated carbocycles. The van der Waals surface area contributed by atoms with Crippen LogP contribution in [-0.2, 0) is 4.74 Å². The molecule has 8 heteroatoms. The second kappa shape index (κ2) is 9.41. The molecule has 172 valence electrons. The maximum Gasteiger partial charge on any atom is 0.251 e. The Labute approximate surface area is 193 Å². The van der Waals surface area contributed by atoms with Crippen molar-refractivity contribution in [2.24, 2.45) is 0 Å². The number of hydrogen-bond acceptors (Lipinski definition) is 6. The number of amides is 1. The van der Waals surface area contributed by atoms with Gasteiger partial charge in [-0.25, -0.2) is 0 Å². The molecule has 0 radical (unpaired) electrons. The van der Waals surface area contributed by atoms with Crippen LogP contribution in [0.3, 0.4) is 0 Å². The molecule has 2 fully saturated rings. The molecule has 1 aliphatic carbocycles. The van der Waals surface area contributed by atoms with Crippen molar-refractivity contribution in [2.75, 3.05) is 32.8 Å². The van der Waals surface area contributed by atoms with Gasteiger partial charge in [-0.15, -0.1) is 5.10 Å². The van der Waals surface area contributed by atoms with Gasteiger partial charge >= 0.3 is 0 Å². The first-order valence-electron chi connectivity index (χ1n) is 11.7. The number of carbonyl (C=O) groups is 1. The summed E-state index contributed by atoms with van der Waals surface area (Å²) in [4.78, 5) is 15.6. The van der Waals surface area contributed by atoms with Crippen LogP contribution in [0.15, 0.2) is 42.5 Å². The van der Waals surface area contributed by atoms with Crippen molar-refractivity contribution in [3.05, 3.63) is 59.4 Å². The minimum Gasteiger partial charge on any atom is -0.379 e. The maximum atomic E-state index is 13.3. The van der Waals surface area contributed by atoms with E-state index < -0.39 is 0 Å². The van der Waals surface area contributed by atoms with E-state index in [2.05, 4.69) is 63.0 Å². The first kappa shape index (κ1) is 21.7. The van der Waals surface area contributed by atoms with Crippen molar-refractivity contribution in [3.8, 4) is 16.8 Å². The Kier molecular flexibility index (Phi) is 6.20. The highest BCUT2D eigenvalue weighted by molar-refractivity contribution is 5.96. The van der Waals surface area contributed by atoms with Crippen molar-refractivity contribution in [1.82, 2.24) is 30.4 Å². The average molecular weight is 447 g/mol. The third kappa shape index (κ3) is 5.12. The van der Waals surface area contributed by atoms with Crippen molar-refractivity contribution in [1.29, 1.82) is 0 Å². The molecule has 1 saturated heterocycles. The first-order valence-corrected chi connectivity index (χ1v) is 11.7. The van der Waals surface area contributed by atoms with Gasteiger partial charge in [-0.05, 0) is 66.4 Å². The molecule has 1 amide bonds. The maximum absolute atomic E-state index is 13.3. The van der Waals surface area contributed by atoms with Crippen LogP contribution in [0.1, 0.15) is 47.4 Å². The van der Waals surface area contributed by atoms with Crippen LogP contribution in [0.4, 0.5) is 0 Å². The van der Waals surface area contributed by atoms with E-state index in [1.165, 1.54) is 5.56 Å². The minimum atomic E-state index is -0.0907. The molecule has 1 N–H and O–H groups in total. The summed E-state index contributed by atoms with van der Waals surface area (Å²) < 4.78 is 7.21. The minimum absolute atomic E-state index is 0.0251. The lowest BCUT2D eigenvalue weighted by Crippen LogP contribution is -2.46. The second-order valence-electron chi connectivity index (χ2n) is 9.15. The molecule has 2 aliphatic rings. The molecule has 33 heavy (non-hydrogen) atoms. The van der Waals surface area contributed by atoms with E-state index in [1.807, 2.05) is 19.1 Å². The molecule has 0 spiro atoms. The Morgan fingerprint density at radius 1 is 1.12 bits per heavy atom. The standard InChI is InChI=1S/C25H30N6O2/c1-17-3-5-19(6-4-17)21-13-22(25(32)26-18(2)16-30-9-11-33-12-10-30)15-23(14-21)31-24(20-7-8-20)27-28-29-31/h3-6,13-15,18,20H,7-12,16H2,1-2H3,(H,26,32). The zero-order valence-corrected chi connectivity index (χ0v) is 19.2. The Balaban J connectivity index is 1.43. The van der Waals surface area contributed by atoms with Gasteiger partial charge in [0.1, 0.15) is 0 Å². The molecule has 3 aromatic rings. The van der Waals surface area contributed by atoms with Gasteiger partial charge in [0.05, 0.1) is 18.9 Å². The predicted molar refractivity (Wildman–Crippen MR) is 125 cm³/mol. The van der Waals surface area contributed by atoms with Crippen LogP contribution in [-0.4, -0.2) is 69.9 Å². The van der Waals surface area contributed by atoms with Gasteiger partial charge in [-0.2, -0.15) is 4.68 Å². The summed E-state index contributed by atoms with van der Waals surface area (Å²) >= 11 is 0. The number of morpholine rings is 1. The van der Waals surface area contributed by atoms with E-state index >= 15 is 0 Å². The summed E-state index contributed by atoms with van der Waals surface area (Å²) in [6, 6.07) is 14.2. The van der Waals surface area contributed by atoms with Gasteiger partial charge in [0.25, 0.3) is 5.91 Å². The Morgan fingerprint density at radius 2 is 1.88 bits per heavy atom. The van der Waals surface area contributed by atoms with Crippen LogP contribution in [0.25, 0.3) is 16.8 Å². The van der Waals surface area contributed by atoms with Gasteiger partial charge in [0, 0.05) is 37.2 Å². The summed E-state index contributed by atoms with van der Waals surface area (Å²) in [5.74, 6) is 1.17. The summed E-state index contributed by atoms with van der Waals surface area (Å²) in [6.07, 6.45) is 2.20. The Morgan fingerprint density at radius 3 is 2.61 bits per heavy atom. The molecule has 1 atom stereocenters. The van der Waals surface area contributed by atoms with E-state index in [0.717, 1.165) is 68.3 Å². The average Bonchev–Trinajstić information content (AvgIpc) is 3.55. The largest absolute Gasteiger partial charge is 0.379 e. The summed E-state index contributed by atoms with van der Waals surface area (Å²) in [7, 11) is 0. The first-order chi connectivity index (χ1) is 16.1. The molecule has 1 aromatic heterocycles. The van der Waals surface area contributed by atoms with Crippen molar-refractivity contribution >= 4 is 5.91 Å². The molecule has 2 heterocycles. The molecule has 0 bridgehead atoms. The predicted octanol–water partition coefficient (Wildman–Crippen LogP) is 2.97. The number of carbonyl (C=O) groups excluding carboxylic acids is 1. The zero-order chi connectivity index (χ0) is 22.8. The molecule has 1 aliphatic heterocycles. The van der Waals surface area contributed by atoms with Crippen LogP contribution < -0.4 is 5.32 Å². The highest BCUT2D eigenvalue weighted by Gasteiger charge is 2.30. The van der Waals surface area contributed by atoms with Gasteiger partial charge in [-0.3, -0.25) is 9.69 Å². The summed E-state index contributed by atoms with van der Waals surface area (Å²) in [5.41, 5.74) is 4.64. The molecule has 2 aromatic carbocycles. The molecule has 8 nitrogen and oxygen atoms in total. The fraction of sp³-hybridized carbons (Fsp3) is 0.440. The van der Waals surface area contributed by atoms with E-state index in [1.54, 1.807) is 4.68 Å². The normalized spacial score (nSPS) is 17.6. The number of hydrogen-bond donors (Lipinski definition) is 1. The highest BCUT2D eigenvalue weighted by Crippen LogP contribution is 2.39. The van der Waals surface area contributed by atoms with E-state index in [0.29, 0.717) is 11.5 Å². The van der Waals surface area contributed by atoms with E-state index in [4.69, 9.17) is 4.74 Å². The number of ether oxygens (including phenoxy) is 1. The Hall–Kier alpha value is -3.10. The van der Waals surface area contributed by atoms with Crippen LogP contribution in [0.5, 0.6) is 0 Å². The molecule has 5 rings (SSSR count). The summed E-state index contributed by atoms with van der Waals surface area (Å²) in [6.45, 7) is 8.21. The van der Waals surface area contributed by atoms with Gasteiger partial charge in [0.2, 0.25) is 0 Å². The number of benzene rings is 2. The van der Waals surface area contributed by atoms with Crippen molar-refractivity contribution in [2.45, 2.75) is 38.6 Å². The van der Waals surface area contributed by atoms with Crippen molar-refractivity contribution in [3.63, 3.8) is 0 Å². The van der Waals surface area contributed by atoms with Crippen LogP contribution in [0.2, 0.25) is 0 Å². The molecule has 1 unspecified atom stereocenters. The second-order valence-corrected chi connectivity index (χ2v) is 9.15. The van der Waals surface area contributed by atoms with E-state index in [9.17, 15) is 4.79 Å². The fourth-order valence-corrected chi connectivity index (χ4v) is 4.28. The number of tetrazole rings is 1. The smallest absolute Gasteiger partial charge is 0.251 e. The van der Waals surface area contributed by atoms with Crippen LogP contribution >= 0.6 is 0 Å².